The van der Waals surface area contributed by atoms with Gasteiger partial charge in [0.05, 0.1) is 22.5 Å². The van der Waals surface area contributed by atoms with E-state index in [0.717, 1.165) is 53.7 Å². The molecule has 2 aromatic rings. The summed E-state index contributed by atoms with van der Waals surface area (Å²) < 4.78 is 0. The Morgan fingerprint density at radius 1 is 0.788 bits per heavy atom. The number of nitrogens with zero attached hydrogens (tertiary/aromatic N) is 1. The molecule has 0 bridgehead atoms. The minimum atomic E-state index is 0. The largest absolute Gasteiger partial charge is 0.384 e. The maximum Gasteiger partial charge on any atom is 0.166 e. The van der Waals surface area contributed by atoms with E-state index in [-0.39, 0.29) is 18.2 Å². The van der Waals surface area contributed by atoms with E-state index < -0.39 is 0 Å². The van der Waals surface area contributed by atoms with Gasteiger partial charge in [0, 0.05) is 18.4 Å². The van der Waals surface area contributed by atoms with Crippen molar-refractivity contribution in [1.29, 1.82) is 0 Å². The highest BCUT2D eigenvalue weighted by Crippen LogP contribution is 2.33. The third-order valence-electron chi connectivity index (χ3n) is 6.90. The number of rotatable bonds is 16. The predicted octanol–water partition coefficient (Wildman–Crippen LogP) is 9.07. The normalized spacial score (nSPS) is 13.1. The Balaban J connectivity index is 0.00000385. The molecule has 184 valence electrons. The number of anilines is 1. The van der Waals surface area contributed by atoms with Crippen LogP contribution in [0, 0.1) is 0 Å². The number of halogens is 1. The quantitative estimate of drug-likeness (QED) is 0.247. The molecule has 1 aromatic carbocycles. The van der Waals surface area contributed by atoms with Gasteiger partial charge in [-0.2, -0.15) is 0 Å². The molecule has 0 atom stereocenters. The average molecular weight is 473 g/mol. The number of hydrogen-bond donors (Lipinski definition) is 1. The highest BCUT2D eigenvalue weighted by Gasteiger charge is 2.24. The van der Waals surface area contributed by atoms with E-state index in [9.17, 15) is 4.79 Å². The lowest BCUT2D eigenvalue weighted by Crippen LogP contribution is -2.17. The lowest BCUT2D eigenvalue weighted by Gasteiger charge is -2.20. The van der Waals surface area contributed by atoms with Gasteiger partial charge in [0.2, 0.25) is 0 Å². The van der Waals surface area contributed by atoms with Crippen LogP contribution in [-0.2, 0) is 6.42 Å². The van der Waals surface area contributed by atoms with Gasteiger partial charge in [0.15, 0.2) is 5.78 Å². The van der Waals surface area contributed by atoms with Crippen molar-refractivity contribution in [3.8, 4) is 0 Å². The number of benzene rings is 1. The summed E-state index contributed by atoms with van der Waals surface area (Å²) in [7, 11) is 0. The second-order valence-corrected chi connectivity index (χ2v) is 9.63. The van der Waals surface area contributed by atoms with Crippen LogP contribution in [0.3, 0.4) is 0 Å². The van der Waals surface area contributed by atoms with Gasteiger partial charge in [-0.15, -0.1) is 12.4 Å². The first-order valence-electron chi connectivity index (χ1n) is 13.5. The SMILES string of the molecule is CCCCCCCCCCCCCCCCNc1c2c(nc3ccccc13)CCCC2=O.Cl. The summed E-state index contributed by atoms with van der Waals surface area (Å²) in [4.78, 5) is 17.4. The molecule has 3 rings (SSSR count). The molecule has 1 aliphatic rings. The van der Waals surface area contributed by atoms with Crippen LogP contribution in [0.15, 0.2) is 24.3 Å². The van der Waals surface area contributed by atoms with Gasteiger partial charge in [-0.05, 0) is 25.3 Å². The fourth-order valence-electron chi connectivity index (χ4n) is 5.00. The van der Waals surface area contributed by atoms with E-state index in [1.54, 1.807) is 0 Å². The standard InChI is InChI=1S/C29H44N2O.ClH/c1-2-3-4-5-6-7-8-9-10-11-12-13-14-17-23-30-29-24-19-15-16-20-25(24)31-26-21-18-22-27(32)28(26)29;/h15-16,19-20H,2-14,17-18,21-23H2,1H3,(H,30,31);1H. The van der Waals surface area contributed by atoms with Gasteiger partial charge in [0.1, 0.15) is 0 Å². The minimum Gasteiger partial charge on any atom is -0.384 e. The summed E-state index contributed by atoms with van der Waals surface area (Å²) in [6.45, 7) is 3.22. The molecule has 0 radical (unpaired) electrons. The summed E-state index contributed by atoms with van der Waals surface area (Å²) in [5.74, 6) is 0.257. The summed E-state index contributed by atoms with van der Waals surface area (Å²) in [5.41, 5.74) is 3.89. The van der Waals surface area contributed by atoms with Crippen LogP contribution in [0.5, 0.6) is 0 Å². The van der Waals surface area contributed by atoms with Crippen molar-refractivity contribution in [3.05, 3.63) is 35.5 Å². The van der Waals surface area contributed by atoms with Gasteiger partial charge in [0.25, 0.3) is 0 Å². The molecule has 33 heavy (non-hydrogen) atoms. The zero-order valence-electron chi connectivity index (χ0n) is 20.8. The van der Waals surface area contributed by atoms with Crippen molar-refractivity contribution < 1.29 is 4.79 Å². The maximum atomic E-state index is 12.6. The highest BCUT2D eigenvalue weighted by atomic mass is 35.5. The van der Waals surface area contributed by atoms with E-state index in [1.807, 2.05) is 12.1 Å². The minimum absolute atomic E-state index is 0. The number of aromatic nitrogens is 1. The third-order valence-corrected chi connectivity index (χ3v) is 6.90. The number of hydrogen-bond acceptors (Lipinski definition) is 3. The highest BCUT2D eigenvalue weighted by molar-refractivity contribution is 6.09. The van der Waals surface area contributed by atoms with Crippen LogP contribution in [-0.4, -0.2) is 17.3 Å². The fraction of sp³-hybridized carbons (Fsp3) is 0.655. The van der Waals surface area contributed by atoms with Crippen molar-refractivity contribution >= 4 is 34.8 Å². The number of fused-ring (bicyclic) bond motifs is 2. The Morgan fingerprint density at radius 2 is 1.36 bits per heavy atom. The molecule has 0 saturated heterocycles. The Morgan fingerprint density at radius 3 is 2.00 bits per heavy atom. The molecule has 1 heterocycles. The van der Waals surface area contributed by atoms with E-state index in [2.05, 4.69) is 24.4 Å². The Kier molecular flexibility index (Phi) is 13.5. The number of pyridine rings is 1. The van der Waals surface area contributed by atoms with Gasteiger partial charge in [-0.3, -0.25) is 9.78 Å². The molecule has 1 N–H and O–H groups in total. The van der Waals surface area contributed by atoms with Crippen molar-refractivity contribution in [2.24, 2.45) is 0 Å². The molecule has 4 heteroatoms. The van der Waals surface area contributed by atoms with Crippen LogP contribution in [0.25, 0.3) is 10.9 Å². The van der Waals surface area contributed by atoms with E-state index in [1.165, 1.54) is 83.5 Å². The number of aryl methyl sites for hydroxylation is 1. The number of ketones is 1. The van der Waals surface area contributed by atoms with Crippen LogP contribution in [0.2, 0.25) is 0 Å². The zero-order valence-corrected chi connectivity index (χ0v) is 21.6. The summed E-state index contributed by atoms with van der Waals surface area (Å²) in [6.07, 6.45) is 21.8. The van der Waals surface area contributed by atoms with Crippen molar-refractivity contribution in [1.82, 2.24) is 4.98 Å². The van der Waals surface area contributed by atoms with Gasteiger partial charge in [-0.25, -0.2) is 0 Å². The molecule has 0 unspecified atom stereocenters. The summed E-state index contributed by atoms with van der Waals surface area (Å²) in [5, 5.41) is 4.72. The summed E-state index contributed by atoms with van der Waals surface area (Å²) >= 11 is 0. The first kappa shape index (κ1) is 27.6. The Labute approximate surface area is 207 Å². The molecule has 0 amide bonds. The van der Waals surface area contributed by atoms with E-state index >= 15 is 0 Å². The predicted molar refractivity (Wildman–Crippen MR) is 145 cm³/mol. The lowest BCUT2D eigenvalue weighted by atomic mass is 9.91. The van der Waals surface area contributed by atoms with E-state index in [4.69, 9.17) is 4.98 Å². The molecule has 1 aromatic heterocycles. The molecule has 0 aliphatic heterocycles. The molecule has 3 nitrogen and oxygen atoms in total. The van der Waals surface area contributed by atoms with Crippen molar-refractivity contribution in [2.45, 2.75) is 116 Å². The maximum absolute atomic E-state index is 12.6. The molecular weight excluding hydrogens is 428 g/mol. The van der Waals surface area contributed by atoms with Gasteiger partial charge in [-0.1, -0.05) is 109 Å². The topological polar surface area (TPSA) is 42.0 Å². The van der Waals surface area contributed by atoms with Crippen LogP contribution in [0.4, 0.5) is 5.69 Å². The number of carbonyl (C=O) groups excluding carboxylic acids is 1. The fourth-order valence-corrected chi connectivity index (χ4v) is 5.00. The first-order chi connectivity index (χ1) is 15.8. The number of para-hydroxylation sites is 1. The summed E-state index contributed by atoms with van der Waals surface area (Å²) in [6, 6.07) is 8.23. The van der Waals surface area contributed by atoms with Gasteiger partial charge >= 0.3 is 0 Å². The Hall–Kier alpha value is -1.61. The zero-order chi connectivity index (χ0) is 22.4. The second kappa shape index (κ2) is 16.1. The molecule has 0 fully saturated rings. The van der Waals surface area contributed by atoms with Crippen LogP contribution < -0.4 is 5.32 Å². The number of unbranched alkanes of at least 4 members (excludes halogenated alkanes) is 13. The molecule has 0 saturated carbocycles. The first-order valence-corrected chi connectivity index (χ1v) is 13.5. The lowest BCUT2D eigenvalue weighted by molar-refractivity contribution is 0.0972. The second-order valence-electron chi connectivity index (χ2n) is 9.63. The number of Topliss-reactive ketones (excluding diaryl/α,β-unsaturated/α-hetero) is 1. The molecule has 1 aliphatic carbocycles. The van der Waals surface area contributed by atoms with Crippen molar-refractivity contribution in [3.63, 3.8) is 0 Å². The number of nitrogens with one attached hydrogen (secondary N) is 1. The van der Waals surface area contributed by atoms with Gasteiger partial charge < -0.3 is 5.32 Å². The van der Waals surface area contributed by atoms with Crippen LogP contribution in [0.1, 0.15) is 126 Å². The number of carbonyl (C=O) groups is 1. The Bertz CT molecular complexity index is 836. The molecule has 0 spiro atoms. The molecular formula is C29H45ClN2O. The third kappa shape index (κ3) is 8.92. The smallest absolute Gasteiger partial charge is 0.166 e. The van der Waals surface area contributed by atoms with Crippen LogP contribution >= 0.6 is 12.4 Å². The average Bonchev–Trinajstić information content (AvgIpc) is 2.81. The van der Waals surface area contributed by atoms with Crippen molar-refractivity contribution in [2.75, 3.05) is 11.9 Å². The van der Waals surface area contributed by atoms with E-state index in [0.29, 0.717) is 6.42 Å². The monoisotopic (exact) mass is 472 g/mol.